The summed E-state index contributed by atoms with van der Waals surface area (Å²) in [6, 6.07) is 15.8. The molecule has 174 valence electrons. The van der Waals surface area contributed by atoms with Crippen molar-refractivity contribution in [2.45, 2.75) is 65.2 Å². The molecule has 0 fully saturated rings. The van der Waals surface area contributed by atoms with Gasteiger partial charge in [0.1, 0.15) is 0 Å². The molecule has 6 heteroatoms. The summed E-state index contributed by atoms with van der Waals surface area (Å²) in [7, 11) is 0. The first-order valence-electron chi connectivity index (χ1n) is 11.8. The number of unbranched alkanes of at least 4 members (excludes halogenated alkanes) is 6. The van der Waals surface area contributed by atoms with Gasteiger partial charge in [-0.15, -0.1) is 0 Å². The van der Waals surface area contributed by atoms with E-state index < -0.39 is 0 Å². The molecule has 4 nitrogen and oxygen atoms in total. The first-order chi connectivity index (χ1) is 15.7. The molecule has 0 unspecified atom stereocenters. The van der Waals surface area contributed by atoms with Crippen molar-refractivity contribution in [3.05, 3.63) is 59.7 Å². The van der Waals surface area contributed by atoms with Crippen LogP contribution in [0.5, 0.6) is 0 Å². The minimum atomic E-state index is 0.0212. The summed E-state index contributed by atoms with van der Waals surface area (Å²) in [6.07, 6.45) is 9.18. The van der Waals surface area contributed by atoms with Crippen molar-refractivity contribution in [3.8, 4) is 0 Å². The molecule has 2 amide bonds. The topological polar surface area (TPSA) is 58.2 Å². The van der Waals surface area contributed by atoms with Gasteiger partial charge in [0, 0.05) is 0 Å². The van der Waals surface area contributed by atoms with Gasteiger partial charge in [0.15, 0.2) is 0 Å². The molecule has 0 heterocycles. The number of nitrogens with one attached hydrogen (secondary N) is 2. The van der Waals surface area contributed by atoms with E-state index in [0.717, 1.165) is 58.8 Å². The van der Waals surface area contributed by atoms with E-state index >= 15 is 0 Å². The summed E-state index contributed by atoms with van der Waals surface area (Å²) in [5.74, 6) is 0.0424. The number of benzene rings is 2. The van der Waals surface area contributed by atoms with Crippen LogP contribution in [0.1, 0.15) is 85.9 Å². The summed E-state index contributed by atoms with van der Waals surface area (Å²) in [5, 5.41) is 6.16. The van der Waals surface area contributed by atoms with Crippen LogP contribution >= 0.6 is 0 Å². The van der Waals surface area contributed by atoms with Crippen molar-refractivity contribution in [3.63, 3.8) is 0 Å². The van der Waals surface area contributed by atoms with E-state index in [1.807, 2.05) is 36.4 Å². The molecule has 2 N–H and O–H groups in total. The molecule has 0 spiro atoms. The maximum atomic E-state index is 12.7. The van der Waals surface area contributed by atoms with E-state index in [9.17, 15) is 9.59 Å². The van der Waals surface area contributed by atoms with Gasteiger partial charge in [-0.1, -0.05) is 0 Å². The van der Waals surface area contributed by atoms with Crippen molar-refractivity contribution in [1.82, 2.24) is 10.6 Å². The average Bonchev–Trinajstić information content (AvgIpc) is 2.82. The van der Waals surface area contributed by atoms with Gasteiger partial charge in [-0.3, -0.25) is 0 Å². The number of amides is 2. The zero-order chi connectivity index (χ0) is 23.0. The van der Waals surface area contributed by atoms with E-state index in [1.54, 1.807) is 0 Å². The molecule has 2 aromatic carbocycles. The van der Waals surface area contributed by atoms with Gasteiger partial charge in [-0.2, -0.15) is 0 Å². The monoisotopic (exact) mass is 568 g/mol. The molecule has 0 saturated carbocycles. The molecule has 0 saturated heterocycles. The molecule has 0 aromatic heterocycles. The quantitative estimate of drug-likeness (QED) is 0.256. The zero-order valence-electron chi connectivity index (χ0n) is 19.3. The summed E-state index contributed by atoms with van der Waals surface area (Å²) in [5.41, 5.74) is 1.56. The fourth-order valence-electron chi connectivity index (χ4n) is 3.24. The summed E-state index contributed by atoms with van der Waals surface area (Å²) in [6.45, 7) is 5.83. The van der Waals surface area contributed by atoms with Gasteiger partial charge in [-0.25, -0.2) is 0 Å². The van der Waals surface area contributed by atoms with Crippen LogP contribution in [-0.2, 0) is 0 Å². The van der Waals surface area contributed by atoms with Gasteiger partial charge < -0.3 is 0 Å². The third-order valence-corrected chi connectivity index (χ3v) is 12.4. The second-order valence-corrected chi connectivity index (χ2v) is 14.0. The zero-order valence-corrected chi connectivity index (χ0v) is 22.7. The van der Waals surface area contributed by atoms with Crippen LogP contribution < -0.4 is 19.6 Å². The van der Waals surface area contributed by atoms with E-state index in [1.165, 1.54) is 25.7 Å². The van der Waals surface area contributed by atoms with Crippen molar-refractivity contribution >= 4 is 47.0 Å². The number of carbonyl (C=O) groups excluding carboxylic acids is 2. The Balaban J connectivity index is 1.95. The molecule has 0 atom stereocenters. The Morgan fingerprint density at radius 2 is 1.03 bits per heavy atom. The summed E-state index contributed by atoms with van der Waals surface area (Å²) < 4.78 is 2.22. The van der Waals surface area contributed by atoms with Gasteiger partial charge in [-0.05, 0) is 0 Å². The molecular weight excluding hydrogens is 530 g/mol. The van der Waals surface area contributed by atoms with Crippen molar-refractivity contribution in [2.24, 2.45) is 0 Å². The Hall–Kier alpha value is -1.58. The average molecular weight is 567 g/mol. The Morgan fingerprint density at radius 1 is 0.625 bits per heavy atom. The van der Waals surface area contributed by atoms with Gasteiger partial charge in [0.05, 0.1) is 0 Å². The van der Waals surface area contributed by atoms with Gasteiger partial charge in [0.25, 0.3) is 0 Å². The molecule has 2 aromatic rings. The SMILES string of the molecule is CCCCCCNC(=O)c1ccccc1[Se][Se]c1ccccc1C(=O)NCCCCCC. The Morgan fingerprint density at radius 3 is 1.44 bits per heavy atom. The second-order valence-electron chi connectivity index (χ2n) is 7.79. The van der Waals surface area contributed by atoms with E-state index in [2.05, 4.69) is 36.6 Å². The standard InChI is InChI=1S/C26H36N2O2Se2/c1-3-5-7-13-19-27-25(29)21-15-9-11-17-23(21)31-32-24-18-12-10-16-22(24)26(30)28-20-14-8-6-4-2/h9-12,15-18H,3-8,13-14,19-20H2,1-2H3,(H,27,29)(H,28,30). The van der Waals surface area contributed by atoms with Crippen molar-refractivity contribution in [2.75, 3.05) is 13.1 Å². The molecule has 32 heavy (non-hydrogen) atoms. The van der Waals surface area contributed by atoms with E-state index in [-0.39, 0.29) is 38.1 Å². The van der Waals surface area contributed by atoms with Crippen molar-refractivity contribution < 1.29 is 9.59 Å². The van der Waals surface area contributed by atoms with Crippen LogP contribution in [0.15, 0.2) is 48.5 Å². The van der Waals surface area contributed by atoms with E-state index in [0.29, 0.717) is 0 Å². The van der Waals surface area contributed by atoms with Crippen LogP contribution in [0.4, 0.5) is 0 Å². The van der Waals surface area contributed by atoms with Crippen LogP contribution in [0.3, 0.4) is 0 Å². The predicted molar refractivity (Wildman–Crippen MR) is 137 cm³/mol. The van der Waals surface area contributed by atoms with Crippen LogP contribution in [-0.4, -0.2) is 51.2 Å². The fourth-order valence-corrected chi connectivity index (χ4v) is 10.4. The first-order valence-corrected chi connectivity index (χ1v) is 17.8. The van der Waals surface area contributed by atoms with Crippen molar-refractivity contribution in [1.29, 1.82) is 0 Å². The predicted octanol–water partition coefficient (Wildman–Crippen LogP) is 3.58. The molecule has 0 aliphatic heterocycles. The number of rotatable bonds is 15. The summed E-state index contributed by atoms with van der Waals surface area (Å²) in [4.78, 5) is 25.4. The summed E-state index contributed by atoms with van der Waals surface area (Å²) >= 11 is 0.251. The number of hydrogen-bond acceptors (Lipinski definition) is 2. The normalized spacial score (nSPS) is 10.7. The molecule has 0 aliphatic carbocycles. The molecule has 0 radical (unpaired) electrons. The van der Waals surface area contributed by atoms with Gasteiger partial charge in [0.2, 0.25) is 0 Å². The molecule has 2 rings (SSSR count). The number of hydrogen-bond donors (Lipinski definition) is 2. The third-order valence-electron chi connectivity index (χ3n) is 5.12. The van der Waals surface area contributed by atoms with E-state index in [4.69, 9.17) is 0 Å². The Labute approximate surface area is 204 Å². The molecular formula is C26H36N2O2Se2. The second kappa shape index (κ2) is 16.1. The third kappa shape index (κ3) is 9.50. The maximum absolute atomic E-state index is 12.7. The van der Waals surface area contributed by atoms with Crippen LogP contribution in [0.2, 0.25) is 0 Å². The Bertz CT molecular complexity index is 773. The minimum absolute atomic E-state index is 0.0212. The van der Waals surface area contributed by atoms with Gasteiger partial charge >= 0.3 is 205 Å². The van der Waals surface area contributed by atoms with Crippen LogP contribution in [0, 0.1) is 0 Å². The molecule has 0 bridgehead atoms. The number of carbonyl (C=O) groups is 2. The molecule has 0 aliphatic rings. The van der Waals surface area contributed by atoms with Crippen LogP contribution in [0.25, 0.3) is 0 Å². The fraction of sp³-hybridized carbons (Fsp3) is 0.462. The Kier molecular flexibility index (Phi) is 13.4. The first kappa shape index (κ1) is 26.7.